The highest BCUT2D eigenvalue weighted by Gasteiger charge is 2.01. The number of hydrogen-bond donors (Lipinski definition) is 0. The summed E-state index contributed by atoms with van der Waals surface area (Å²) in [6, 6.07) is 31.5. The van der Waals surface area contributed by atoms with Crippen LogP contribution < -0.4 is 0 Å². The molecule has 0 bridgehead atoms. The lowest BCUT2D eigenvalue weighted by atomic mass is 10.1. The predicted octanol–water partition coefficient (Wildman–Crippen LogP) is 7.59. The van der Waals surface area contributed by atoms with Gasteiger partial charge in [0.05, 0.1) is 0 Å². The lowest BCUT2D eigenvalue weighted by molar-refractivity contribution is 0.621. The zero-order chi connectivity index (χ0) is 19.1. The van der Waals surface area contributed by atoms with Crippen LogP contribution in [0.3, 0.4) is 0 Å². The van der Waals surface area contributed by atoms with Crippen molar-refractivity contribution in [2.24, 2.45) is 0 Å². The van der Waals surface area contributed by atoms with Crippen molar-refractivity contribution in [3.05, 3.63) is 118 Å². The Morgan fingerprint density at radius 3 is 1.52 bits per heavy atom. The average molecular weight is 470 g/mol. The molecule has 0 aliphatic carbocycles. The SMILES string of the molecule is Fc1cc(-c2ccccc2)ccc1I.Fc1cccc(-c2ccccc2)c1. The van der Waals surface area contributed by atoms with E-state index in [1.165, 1.54) is 12.1 Å². The molecule has 0 fully saturated rings. The van der Waals surface area contributed by atoms with Crippen molar-refractivity contribution < 1.29 is 8.78 Å². The van der Waals surface area contributed by atoms with Crippen LogP contribution in [0.2, 0.25) is 0 Å². The molecule has 0 aliphatic rings. The Morgan fingerprint density at radius 1 is 0.481 bits per heavy atom. The van der Waals surface area contributed by atoms with Gasteiger partial charge in [-0.15, -0.1) is 0 Å². The first-order valence-electron chi connectivity index (χ1n) is 8.45. The summed E-state index contributed by atoms with van der Waals surface area (Å²) in [4.78, 5) is 0. The zero-order valence-electron chi connectivity index (χ0n) is 14.4. The van der Waals surface area contributed by atoms with Gasteiger partial charge in [-0.1, -0.05) is 78.9 Å². The van der Waals surface area contributed by atoms with E-state index in [9.17, 15) is 8.78 Å². The molecule has 0 atom stereocenters. The third-order valence-electron chi connectivity index (χ3n) is 3.96. The third-order valence-corrected chi connectivity index (χ3v) is 4.83. The van der Waals surface area contributed by atoms with Crippen molar-refractivity contribution in [2.75, 3.05) is 0 Å². The highest BCUT2D eigenvalue weighted by molar-refractivity contribution is 14.1. The molecular formula is C24H17F2I. The van der Waals surface area contributed by atoms with Crippen molar-refractivity contribution in [1.29, 1.82) is 0 Å². The second-order valence-electron chi connectivity index (χ2n) is 5.87. The minimum atomic E-state index is -0.193. The number of rotatable bonds is 2. The van der Waals surface area contributed by atoms with Crippen LogP contribution >= 0.6 is 22.6 Å². The van der Waals surface area contributed by atoms with Gasteiger partial charge in [0.2, 0.25) is 0 Å². The fourth-order valence-electron chi connectivity index (χ4n) is 2.60. The first-order valence-corrected chi connectivity index (χ1v) is 9.53. The van der Waals surface area contributed by atoms with Gasteiger partial charge in [-0.2, -0.15) is 0 Å². The summed E-state index contributed by atoms with van der Waals surface area (Å²) in [7, 11) is 0. The summed E-state index contributed by atoms with van der Waals surface area (Å²) in [5.41, 5.74) is 3.92. The van der Waals surface area contributed by atoms with E-state index in [2.05, 4.69) is 0 Å². The lowest BCUT2D eigenvalue weighted by Gasteiger charge is -2.02. The van der Waals surface area contributed by atoms with E-state index in [0.717, 1.165) is 22.3 Å². The molecule has 0 saturated heterocycles. The fraction of sp³-hybridized carbons (Fsp3) is 0. The Balaban J connectivity index is 0.000000156. The van der Waals surface area contributed by atoms with Gasteiger partial charge in [0.15, 0.2) is 0 Å². The molecule has 0 N–H and O–H groups in total. The molecule has 0 aliphatic heterocycles. The van der Waals surface area contributed by atoms with Crippen LogP contribution in [0.1, 0.15) is 0 Å². The Kier molecular flexibility index (Phi) is 6.71. The van der Waals surface area contributed by atoms with Gasteiger partial charge >= 0.3 is 0 Å². The van der Waals surface area contributed by atoms with E-state index >= 15 is 0 Å². The van der Waals surface area contributed by atoms with E-state index in [0.29, 0.717) is 3.57 Å². The summed E-state index contributed by atoms with van der Waals surface area (Å²) in [6.45, 7) is 0. The summed E-state index contributed by atoms with van der Waals surface area (Å²) >= 11 is 1.99. The summed E-state index contributed by atoms with van der Waals surface area (Å²) in [5, 5.41) is 0. The molecule has 4 rings (SSSR count). The Morgan fingerprint density at radius 2 is 1.00 bits per heavy atom. The van der Waals surface area contributed by atoms with Gasteiger partial charge < -0.3 is 0 Å². The maximum Gasteiger partial charge on any atom is 0.137 e. The molecule has 0 saturated carbocycles. The normalized spacial score (nSPS) is 10.0. The molecule has 0 nitrogen and oxygen atoms in total. The molecule has 0 spiro atoms. The maximum absolute atomic E-state index is 13.3. The summed E-state index contributed by atoms with van der Waals surface area (Å²) in [6.07, 6.45) is 0. The molecule has 0 unspecified atom stereocenters. The summed E-state index contributed by atoms with van der Waals surface area (Å²) in [5.74, 6) is -0.353. The van der Waals surface area contributed by atoms with Crippen LogP contribution in [0.4, 0.5) is 8.78 Å². The molecule has 4 aromatic carbocycles. The van der Waals surface area contributed by atoms with E-state index in [1.54, 1.807) is 18.2 Å². The maximum atomic E-state index is 13.3. The molecule has 27 heavy (non-hydrogen) atoms. The third kappa shape index (κ3) is 5.47. The first-order chi connectivity index (χ1) is 13.1. The van der Waals surface area contributed by atoms with E-state index in [4.69, 9.17) is 0 Å². The second kappa shape index (κ2) is 9.42. The smallest absolute Gasteiger partial charge is 0.137 e. The van der Waals surface area contributed by atoms with Gasteiger partial charge in [-0.25, -0.2) is 8.78 Å². The van der Waals surface area contributed by atoms with E-state index < -0.39 is 0 Å². The summed E-state index contributed by atoms with van der Waals surface area (Å²) < 4.78 is 26.8. The Labute approximate surface area is 171 Å². The van der Waals surface area contributed by atoms with Gasteiger partial charge in [-0.3, -0.25) is 0 Å². The topological polar surface area (TPSA) is 0 Å². The van der Waals surface area contributed by atoms with Gasteiger partial charge in [0.25, 0.3) is 0 Å². The Hall–Kier alpha value is -2.53. The van der Waals surface area contributed by atoms with Crippen LogP contribution in [0, 0.1) is 15.2 Å². The average Bonchev–Trinajstić information content (AvgIpc) is 2.72. The highest BCUT2D eigenvalue weighted by Crippen LogP contribution is 2.22. The molecular weight excluding hydrogens is 453 g/mol. The van der Waals surface area contributed by atoms with Crippen LogP contribution in [-0.4, -0.2) is 0 Å². The largest absolute Gasteiger partial charge is 0.207 e. The molecule has 0 aromatic heterocycles. The monoisotopic (exact) mass is 470 g/mol. The lowest BCUT2D eigenvalue weighted by Crippen LogP contribution is -1.83. The first kappa shape index (κ1) is 19.2. The molecule has 0 heterocycles. The molecule has 0 amide bonds. The minimum Gasteiger partial charge on any atom is -0.207 e. The molecule has 0 radical (unpaired) electrons. The highest BCUT2D eigenvalue weighted by atomic mass is 127. The zero-order valence-corrected chi connectivity index (χ0v) is 16.6. The minimum absolute atomic E-state index is 0.160. The molecule has 3 heteroatoms. The van der Waals surface area contributed by atoms with Gasteiger partial charge in [0.1, 0.15) is 11.6 Å². The number of benzene rings is 4. The van der Waals surface area contributed by atoms with Gasteiger partial charge in [0, 0.05) is 3.57 Å². The van der Waals surface area contributed by atoms with Crippen LogP contribution in [-0.2, 0) is 0 Å². The van der Waals surface area contributed by atoms with Gasteiger partial charge in [-0.05, 0) is 69.1 Å². The molecule has 134 valence electrons. The quantitative estimate of drug-likeness (QED) is 0.265. The van der Waals surface area contributed by atoms with E-state index in [-0.39, 0.29) is 11.6 Å². The van der Waals surface area contributed by atoms with Crippen molar-refractivity contribution >= 4 is 22.6 Å². The number of halogens is 3. The standard InChI is InChI=1S/C12H8FI.C12H9F/c13-11-8-10(6-7-12(11)14)9-4-2-1-3-5-9;13-12-8-4-7-11(9-12)10-5-2-1-3-6-10/h1-8H;1-9H. The van der Waals surface area contributed by atoms with Crippen molar-refractivity contribution in [3.63, 3.8) is 0 Å². The van der Waals surface area contributed by atoms with Crippen molar-refractivity contribution in [1.82, 2.24) is 0 Å². The van der Waals surface area contributed by atoms with Crippen LogP contribution in [0.25, 0.3) is 22.3 Å². The number of hydrogen-bond acceptors (Lipinski definition) is 0. The second-order valence-corrected chi connectivity index (χ2v) is 7.03. The van der Waals surface area contributed by atoms with Crippen LogP contribution in [0.15, 0.2) is 103 Å². The van der Waals surface area contributed by atoms with Crippen LogP contribution in [0.5, 0.6) is 0 Å². The van der Waals surface area contributed by atoms with E-state index in [1.807, 2.05) is 95.4 Å². The Bertz CT molecular complexity index is 999. The fourth-order valence-corrected chi connectivity index (χ4v) is 2.94. The van der Waals surface area contributed by atoms with Crippen molar-refractivity contribution in [2.45, 2.75) is 0 Å². The predicted molar refractivity (Wildman–Crippen MR) is 116 cm³/mol. The molecule has 4 aromatic rings. The van der Waals surface area contributed by atoms with Crippen molar-refractivity contribution in [3.8, 4) is 22.3 Å².